The van der Waals surface area contributed by atoms with E-state index in [1.165, 1.54) is 0 Å². The van der Waals surface area contributed by atoms with Gasteiger partial charge in [-0.15, -0.1) is 0 Å². The Balaban J connectivity index is 2.33. The lowest BCUT2D eigenvalue weighted by atomic mass is 10.1. The fourth-order valence-electron chi connectivity index (χ4n) is 2.25. The maximum atomic E-state index is 6.24. The Hall–Kier alpha value is -2.13. The van der Waals surface area contributed by atoms with Crippen molar-refractivity contribution in [1.82, 2.24) is 9.97 Å². The van der Waals surface area contributed by atoms with Gasteiger partial charge in [-0.25, -0.2) is 9.97 Å². The minimum absolute atomic E-state index is 0.641. The van der Waals surface area contributed by atoms with Crippen molar-refractivity contribution >= 4 is 28.3 Å². The Morgan fingerprint density at radius 1 is 1.00 bits per heavy atom. The number of halogens is 1. The third-order valence-electron chi connectivity index (χ3n) is 3.28. The predicted molar refractivity (Wildman–Crippen MR) is 84.3 cm³/mol. The Labute approximate surface area is 122 Å². The van der Waals surface area contributed by atoms with Crippen LogP contribution in [0.5, 0.6) is 0 Å². The van der Waals surface area contributed by atoms with Crippen molar-refractivity contribution in [2.75, 3.05) is 12.4 Å². The number of anilines is 1. The highest BCUT2D eigenvalue weighted by Gasteiger charge is 2.11. The summed E-state index contributed by atoms with van der Waals surface area (Å²) in [5.41, 5.74) is 2.91. The average molecular weight is 284 g/mol. The van der Waals surface area contributed by atoms with Crippen molar-refractivity contribution in [2.24, 2.45) is 0 Å². The second-order valence-electron chi connectivity index (χ2n) is 4.60. The van der Waals surface area contributed by atoms with Gasteiger partial charge in [-0.3, -0.25) is 0 Å². The van der Waals surface area contributed by atoms with Crippen LogP contribution < -0.4 is 5.32 Å². The molecule has 100 valence electrons. The lowest BCUT2D eigenvalue weighted by Gasteiger charge is -2.10. The first kappa shape index (κ1) is 12.9. The van der Waals surface area contributed by atoms with Gasteiger partial charge in [0.25, 0.3) is 0 Å². The van der Waals surface area contributed by atoms with Crippen LogP contribution in [0.25, 0.3) is 22.3 Å². The van der Waals surface area contributed by atoms with E-state index in [4.69, 9.17) is 11.6 Å². The van der Waals surface area contributed by atoms with Crippen LogP contribution >= 0.6 is 11.6 Å². The molecule has 1 N–H and O–H groups in total. The van der Waals surface area contributed by atoms with Gasteiger partial charge in [-0.2, -0.15) is 0 Å². The standard InChI is InChI=1S/C16H14ClN3/c1-10-6-5-8-12-14(10)19-16(20-15(12)18-2)11-7-3-4-9-13(11)17/h3-9H,1-2H3,(H,18,19,20). The zero-order chi connectivity index (χ0) is 14.1. The van der Waals surface area contributed by atoms with E-state index in [0.717, 1.165) is 27.8 Å². The lowest BCUT2D eigenvalue weighted by Crippen LogP contribution is -2.00. The van der Waals surface area contributed by atoms with Gasteiger partial charge < -0.3 is 5.32 Å². The van der Waals surface area contributed by atoms with E-state index in [9.17, 15) is 0 Å². The molecule has 0 bridgehead atoms. The number of aromatic nitrogens is 2. The lowest BCUT2D eigenvalue weighted by molar-refractivity contribution is 1.20. The van der Waals surface area contributed by atoms with Gasteiger partial charge in [0.1, 0.15) is 5.82 Å². The Bertz CT molecular complexity index is 784. The summed E-state index contributed by atoms with van der Waals surface area (Å²) in [6, 6.07) is 13.7. The molecule has 0 amide bonds. The van der Waals surface area contributed by atoms with E-state index in [0.29, 0.717) is 10.8 Å². The number of aryl methyl sites for hydroxylation is 1. The van der Waals surface area contributed by atoms with Crippen molar-refractivity contribution in [3.05, 3.63) is 53.1 Å². The first-order valence-electron chi connectivity index (χ1n) is 6.40. The maximum absolute atomic E-state index is 6.24. The Morgan fingerprint density at radius 2 is 1.80 bits per heavy atom. The van der Waals surface area contributed by atoms with E-state index in [2.05, 4.69) is 15.3 Å². The largest absolute Gasteiger partial charge is 0.373 e. The van der Waals surface area contributed by atoms with Gasteiger partial charge in [0, 0.05) is 18.0 Å². The topological polar surface area (TPSA) is 37.8 Å². The minimum Gasteiger partial charge on any atom is -0.373 e. The summed E-state index contributed by atoms with van der Waals surface area (Å²) < 4.78 is 0. The number of fused-ring (bicyclic) bond motifs is 1. The molecule has 0 unspecified atom stereocenters. The van der Waals surface area contributed by atoms with Gasteiger partial charge in [0.05, 0.1) is 10.5 Å². The van der Waals surface area contributed by atoms with Crippen LogP contribution in [-0.4, -0.2) is 17.0 Å². The van der Waals surface area contributed by atoms with E-state index >= 15 is 0 Å². The Kier molecular flexibility index (Phi) is 3.28. The molecule has 20 heavy (non-hydrogen) atoms. The first-order valence-corrected chi connectivity index (χ1v) is 6.78. The fourth-order valence-corrected chi connectivity index (χ4v) is 2.47. The van der Waals surface area contributed by atoms with Crippen molar-refractivity contribution in [2.45, 2.75) is 6.92 Å². The number of nitrogens with zero attached hydrogens (tertiary/aromatic N) is 2. The highest BCUT2D eigenvalue weighted by Crippen LogP contribution is 2.29. The van der Waals surface area contributed by atoms with E-state index in [1.807, 2.05) is 56.4 Å². The van der Waals surface area contributed by atoms with E-state index in [1.54, 1.807) is 0 Å². The molecular formula is C16H14ClN3. The smallest absolute Gasteiger partial charge is 0.163 e. The van der Waals surface area contributed by atoms with Crippen molar-refractivity contribution in [1.29, 1.82) is 0 Å². The second kappa shape index (κ2) is 5.10. The summed E-state index contributed by atoms with van der Waals surface area (Å²) in [5.74, 6) is 1.45. The number of rotatable bonds is 2. The van der Waals surface area contributed by atoms with Crippen LogP contribution in [0, 0.1) is 6.92 Å². The second-order valence-corrected chi connectivity index (χ2v) is 5.00. The van der Waals surface area contributed by atoms with Crippen LogP contribution in [0.2, 0.25) is 5.02 Å². The molecule has 0 saturated heterocycles. The average Bonchev–Trinajstić information content (AvgIpc) is 2.47. The molecule has 3 rings (SSSR count). The van der Waals surface area contributed by atoms with Crippen molar-refractivity contribution in [3.8, 4) is 11.4 Å². The van der Waals surface area contributed by atoms with Crippen LogP contribution in [-0.2, 0) is 0 Å². The molecule has 0 radical (unpaired) electrons. The molecule has 4 heteroatoms. The molecule has 0 spiro atoms. The molecule has 3 aromatic rings. The number of hydrogen-bond donors (Lipinski definition) is 1. The number of benzene rings is 2. The zero-order valence-corrected chi connectivity index (χ0v) is 12.1. The number of nitrogens with one attached hydrogen (secondary N) is 1. The molecule has 0 fully saturated rings. The van der Waals surface area contributed by atoms with E-state index < -0.39 is 0 Å². The summed E-state index contributed by atoms with van der Waals surface area (Å²) >= 11 is 6.24. The van der Waals surface area contributed by atoms with Gasteiger partial charge in [0.2, 0.25) is 0 Å². The summed E-state index contributed by atoms with van der Waals surface area (Å²) in [6.45, 7) is 2.05. The van der Waals surface area contributed by atoms with Crippen LogP contribution in [0.4, 0.5) is 5.82 Å². The van der Waals surface area contributed by atoms with E-state index in [-0.39, 0.29) is 0 Å². The molecule has 0 aliphatic carbocycles. The highest BCUT2D eigenvalue weighted by molar-refractivity contribution is 6.33. The van der Waals surface area contributed by atoms with Crippen LogP contribution in [0.1, 0.15) is 5.56 Å². The summed E-state index contributed by atoms with van der Waals surface area (Å²) in [4.78, 5) is 9.26. The van der Waals surface area contributed by atoms with Gasteiger partial charge >= 0.3 is 0 Å². The summed E-state index contributed by atoms with van der Waals surface area (Å²) in [6.07, 6.45) is 0. The van der Waals surface area contributed by atoms with Crippen molar-refractivity contribution in [3.63, 3.8) is 0 Å². The summed E-state index contributed by atoms with van der Waals surface area (Å²) in [5, 5.41) is 4.80. The van der Waals surface area contributed by atoms with Crippen LogP contribution in [0.15, 0.2) is 42.5 Å². The minimum atomic E-state index is 0.641. The number of hydrogen-bond acceptors (Lipinski definition) is 3. The quantitative estimate of drug-likeness (QED) is 0.762. The van der Waals surface area contributed by atoms with Crippen LogP contribution in [0.3, 0.4) is 0 Å². The van der Waals surface area contributed by atoms with Crippen molar-refractivity contribution < 1.29 is 0 Å². The molecule has 1 aromatic heterocycles. The Morgan fingerprint density at radius 3 is 2.55 bits per heavy atom. The summed E-state index contributed by atoms with van der Waals surface area (Å²) in [7, 11) is 1.86. The molecule has 0 aliphatic heterocycles. The van der Waals surface area contributed by atoms with Gasteiger partial charge in [-0.05, 0) is 30.7 Å². The SMILES string of the molecule is CNc1nc(-c2ccccc2Cl)nc2c(C)cccc12. The first-order chi connectivity index (χ1) is 9.70. The molecule has 2 aromatic carbocycles. The highest BCUT2D eigenvalue weighted by atomic mass is 35.5. The third kappa shape index (κ3) is 2.10. The van der Waals surface area contributed by atoms with Gasteiger partial charge in [-0.1, -0.05) is 35.9 Å². The molecule has 3 nitrogen and oxygen atoms in total. The third-order valence-corrected chi connectivity index (χ3v) is 3.61. The monoisotopic (exact) mass is 283 g/mol. The number of para-hydroxylation sites is 1. The normalized spacial score (nSPS) is 10.8. The molecule has 0 aliphatic rings. The zero-order valence-electron chi connectivity index (χ0n) is 11.3. The van der Waals surface area contributed by atoms with Gasteiger partial charge in [0.15, 0.2) is 5.82 Å². The fraction of sp³-hybridized carbons (Fsp3) is 0.125. The molecule has 1 heterocycles. The maximum Gasteiger partial charge on any atom is 0.163 e. The molecule has 0 atom stereocenters. The predicted octanol–water partition coefficient (Wildman–Crippen LogP) is 4.30. The molecule has 0 saturated carbocycles. The molecular weight excluding hydrogens is 270 g/mol.